The normalized spacial score (nSPS) is 13.8. The number of hydrogen-bond acceptors (Lipinski definition) is 5. The molecule has 1 heterocycles. The van der Waals surface area contributed by atoms with E-state index in [0.29, 0.717) is 41.0 Å². The minimum Gasteiger partial charge on any atom is -0.423 e. The molecule has 0 aromatic heterocycles. The van der Waals surface area contributed by atoms with Gasteiger partial charge >= 0.3 is 21.5 Å². The summed E-state index contributed by atoms with van der Waals surface area (Å²) < 4.78 is 67.1. The van der Waals surface area contributed by atoms with Crippen LogP contribution in [-0.2, 0) is 23.0 Å². The zero-order chi connectivity index (χ0) is 25.2. The van der Waals surface area contributed by atoms with Crippen molar-refractivity contribution in [2.75, 3.05) is 11.3 Å². The Balaban J connectivity index is 1.46. The Labute approximate surface area is 199 Å². The highest BCUT2D eigenvalue weighted by Gasteiger charge is 2.46. The van der Waals surface area contributed by atoms with Crippen LogP contribution in [0.2, 0.25) is 0 Å². The molecule has 1 aliphatic rings. The molecule has 0 radical (unpaired) electrons. The lowest BCUT2D eigenvalue weighted by Gasteiger charge is -2.29. The van der Waals surface area contributed by atoms with Gasteiger partial charge in [-0.2, -0.15) is 21.6 Å². The number of ether oxygens (including phenoxy) is 1. The molecule has 0 bridgehead atoms. The van der Waals surface area contributed by atoms with E-state index in [4.69, 9.17) is 4.74 Å². The first-order valence-electron chi connectivity index (χ1n) is 10.4. The zero-order valence-electron chi connectivity index (χ0n) is 18.1. The fourth-order valence-corrected chi connectivity index (χ4v) is 4.20. The second-order valence-electron chi connectivity index (χ2n) is 7.76. The van der Waals surface area contributed by atoms with Gasteiger partial charge in [-0.1, -0.05) is 36.4 Å². The monoisotopic (exact) mass is 504 g/mol. The number of esters is 1. The van der Waals surface area contributed by atoms with Crippen LogP contribution in [0.5, 0.6) is 5.75 Å². The molecule has 3 aromatic rings. The number of halogens is 3. The summed E-state index contributed by atoms with van der Waals surface area (Å²) >= 11 is 0. The summed E-state index contributed by atoms with van der Waals surface area (Å²) in [6.07, 6.45) is 0.433. The Bertz CT molecular complexity index is 1360. The van der Waals surface area contributed by atoms with Crippen molar-refractivity contribution < 1.29 is 35.9 Å². The number of alkyl halides is 3. The molecule has 0 fully saturated rings. The number of sulfonamides is 1. The summed E-state index contributed by atoms with van der Waals surface area (Å²) in [4.78, 5) is 27.1. The minimum absolute atomic E-state index is 0.165. The number of rotatable bonds is 6. The number of anilines is 1. The Morgan fingerprint density at radius 2 is 1.66 bits per heavy atom. The van der Waals surface area contributed by atoms with Gasteiger partial charge in [0.05, 0.1) is 5.56 Å². The third-order valence-corrected chi connectivity index (χ3v) is 6.49. The second-order valence-corrected chi connectivity index (χ2v) is 9.44. The lowest BCUT2D eigenvalue weighted by molar-refractivity contribution is -0.0429. The molecule has 0 aliphatic carbocycles. The summed E-state index contributed by atoms with van der Waals surface area (Å²) in [6, 6.07) is 18.6. The van der Waals surface area contributed by atoms with Crippen molar-refractivity contribution in [3.05, 3.63) is 95.1 Å². The van der Waals surface area contributed by atoms with Gasteiger partial charge in [-0.15, -0.1) is 0 Å². The molecule has 0 atom stereocenters. The predicted octanol–water partition coefficient (Wildman–Crippen LogP) is 4.37. The molecular weight excluding hydrogens is 485 g/mol. The smallest absolute Gasteiger partial charge is 0.423 e. The largest absolute Gasteiger partial charge is 0.516 e. The third kappa shape index (κ3) is 5.29. The fraction of sp³-hybridized carbons (Fsp3) is 0.167. The number of benzene rings is 3. The van der Waals surface area contributed by atoms with E-state index in [9.17, 15) is 31.2 Å². The zero-order valence-corrected chi connectivity index (χ0v) is 18.9. The Morgan fingerprint density at radius 3 is 2.31 bits per heavy atom. The van der Waals surface area contributed by atoms with Gasteiger partial charge in [-0.25, -0.2) is 4.79 Å². The lowest BCUT2D eigenvalue weighted by atomic mass is 9.97. The number of fused-ring (bicyclic) bond motifs is 1. The Morgan fingerprint density at radius 1 is 0.971 bits per heavy atom. The van der Waals surface area contributed by atoms with Crippen LogP contribution in [0, 0.1) is 0 Å². The standard InChI is InChI=1S/C24H19F3N2O5S/c25-24(26,27)35(32,33)28-18-11-9-16(10-12-18)15-29-14-13-19-20(22(29)30)7-4-8-21(19)34-23(31)17-5-2-1-3-6-17/h1-12,28H,13-15H2. The van der Waals surface area contributed by atoms with E-state index >= 15 is 0 Å². The van der Waals surface area contributed by atoms with Crippen molar-refractivity contribution in [2.24, 2.45) is 0 Å². The molecule has 7 nitrogen and oxygen atoms in total. The lowest BCUT2D eigenvalue weighted by Crippen LogP contribution is -2.37. The third-order valence-electron chi connectivity index (χ3n) is 5.38. The summed E-state index contributed by atoms with van der Waals surface area (Å²) in [5.41, 5.74) is -3.67. The van der Waals surface area contributed by atoms with E-state index in [1.807, 2.05) is 0 Å². The van der Waals surface area contributed by atoms with Crippen LogP contribution in [0.15, 0.2) is 72.8 Å². The van der Waals surface area contributed by atoms with Crippen molar-refractivity contribution in [1.29, 1.82) is 0 Å². The maximum Gasteiger partial charge on any atom is 0.516 e. The number of carbonyl (C=O) groups excluding carboxylic acids is 2. The molecule has 11 heteroatoms. The first-order chi connectivity index (χ1) is 16.5. The highest BCUT2D eigenvalue weighted by Crippen LogP contribution is 2.30. The minimum atomic E-state index is -5.51. The molecule has 3 aromatic carbocycles. The quantitative estimate of drug-likeness (QED) is 0.398. The molecule has 1 N–H and O–H groups in total. The molecule has 35 heavy (non-hydrogen) atoms. The van der Waals surface area contributed by atoms with E-state index in [2.05, 4.69) is 0 Å². The van der Waals surface area contributed by atoms with Crippen molar-refractivity contribution in [3.63, 3.8) is 0 Å². The number of carbonyl (C=O) groups is 2. The molecule has 182 valence electrons. The van der Waals surface area contributed by atoms with Crippen LogP contribution in [-0.4, -0.2) is 37.2 Å². The molecule has 1 amide bonds. The molecule has 0 saturated heterocycles. The average molecular weight is 504 g/mol. The van der Waals surface area contributed by atoms with Gasteiger partial charge in [-0.05, 0) is 48.4 Å². The van der Waals surface area contributed by atoms with Crippen LogP contribution in [0.3, 0.4) is 0 Å². The van der Waals surface area contributed by atoms with E-state index < -0.39 is 21.5 Å². The van der Waals surface area contributed by atoms with E-state index in [0.717, 1.165) is 0 Å². The number of nitrogens with one attached hydrogen (secondary N) is 1. The van der Waals surface area contributed by atoms with E-state index in [1.165, 1.54) is 29.0 Å². The molecular formula is C24H19F3N2O5S. The van der Waals surface area contributed by atoms with E-state index in [-0.39, 0.29) is 18.1 Å². The van der Waals surface area contributed by atoms with Crippen molar-refractivity contribution >= 4 is 27.6 Å². The molecule has 4 rings (SSSR count). The Kier molecular flexibility index (Phi) is 6.53. The van der Waals surface area contributed by atoms with Crippen molar-refractivity contribution in [3.8, 4) is 5.75 Å². The first kappa shape index (κ1) is 24.3. The van der Waals surface area contributed by atoms with Crippen LogP contribution >= 0.6 is 0 Å². The van der Waals surface area contributed by atoms with Crippen molar-refractivity contribution in [2.45, 2.75) is 18.5 Å². The van der Waals surface area contributed by atoms with Gasteiger partial charge in [0.25, 0.3) is 5.91 Å². The van der Waals surface area contributed by atoms with Gasteiger partial charge in [0.2, 0.25) is 0 Å². The number of hydrogen-bond donors (Lipinski definition) is 1. The van der Waals surface area contributed by atoms with Crippen LogP contribution in [0.4, 0.5) is 18.9 Å². The summed E-state index contributed by atoms with van der Waals surface area (Å²) in [5.74, 6) is -0.508. The van der Waals surface area contributed by atoms with Crippen molar-refractivity contribution in [1.82, 2.24) is 4.90 Å². The van der Waals surface area contributed by atoms with Crippen LogP contribution < -0.4 is 9.46 Å². The number of nitrogens with zero attached hydrogens (tertiary/aromatic N) is 1. The highest BCUT2D eigenvalue weighted by atomic mass is 32.2. The van der Waals surface area contributed by atoms with Gasteiger partial charge < -0.3 is 9.64 Å². The molecule has 0 saturated carbocycles. The maximum atomic E-state index is 13.1. The van der Waals surface area contributed by atoms with Crippen LogP contribution in [0.25, 0.3) is 0 Å². The fourth-order valence-electron chi connectivity index (χ4n) is 3.63. The number of amides is 1. The maximum absolute atomic E-state index is 13.1. The molecule has 0 spiro atoms. The van der Waals surface area contributed by atoms with E-state index in [1.54, 1.807) is 53.4 Å². The summed E-state index contributed by atoms with van der Waals surface area (Å²) in [6.45, 7) is 0.493. The van der Waals surface area contributed by atoms with Gasteiger partial charge in [-0.3, -0.25) is 9.52 Å². The van der Waals surface area contributed by atoms with Crippen LogP contribution in [0.1, 0.15) is 31.8 Å². The molecule has 0 unspecified atom stereocenters. The second kappa shape index (κ2) is 9.41. The SMILES string of the molecule is O=C(Oc1cccc2c1CCN(Cc1ccc(NS(=O)(=O)C(F)(F)F)cc1)C2=O)c1ccccc1. The van der Waals surface area contributed by atoms with Gasteiger partial charge in [0.1, 0.15) is 5.75 Å². The van der Waals surface area contributed by atoms with Gasteiger partial charge in [0, 0.05) is 29.9 Å². The predicted molar refractivity (Wildman–Crippen MR) is 121 cm³/mol. The molecule has 1 aliphatic heterocycles. The first-order valence-corrected chi connectivity index (χ1v) is 11.9. The average Bonchev–Trinajstić information content (AvgIpc) is 2.82. The van der Waals surface area contributed by atoms with Gasteiger partial charge in [0.15, 0.2) is 0 Å². The summed E-state index contributed by atoms with van der Waals surface area (Å²) in [7, 11) is -5.51. The summed E-state index contributed by atoms with van der Waals surface area (Å²) in [5, 5.41) is 0. The Hall–Kier alpha value is -3.86. The highest BCUT2D eigenvalue weighted by molar-refractivity contribution is 7.93. The topological polar surface area (TPSA) is 92.8 Å².